The lowest BCUT2D eigenvalue weighted by Crippen LogP contribution is -2.54. The van der Waals surface area contributed by atoms with Crippen LogP contribution in [0.15, 0.2) is 29.8 Å². The lowest BCUT2D eigenvalue weighted by Gasteiger charge is -2.38. The number of nitrogens with one attached hydrogen (secondary N) is 1. The number of aromatic nitrogens is 1. The predicted molar refractivity (Wildman–Crippen MR) is 91.2 cm³/mol. The van der Waals surface area contributed by atoms with Gasteiger partial charge in [0.2, 0.25) is 5.91 Å². The van der Waals surface area contributed by atoms with Crippen LogP contribution in [-0.4, -0.2) is 40.0 Å². The van der Waals surface area contributed by atoms with Gasteiger partial charge in [0.15, 0.2) is 10.7 Å². The van der Waals surface area contributed by atoms with E-state index in [1.165, 1.54) is 34.4 Å². The number of nitrogens with zero attached hydrogens (tertiary/aromatic N) is 2. The van der Waals surface area contributed by atoms with Crippen molar-refractivity contribution in [3.63, 3.8) is 0 Å². The van der Waals surface area contributed by atoms with Gasteiger partial charge in [-0.3, -0.25) is 14.5 Å². The molecule has 0 atom stereocenters. The summed E-state index contributed by atoms with van der Waals surface area (Å²) in [5.41, 5.74) is -0.828. The summed E-state index contributed by atoms with van der Waals surface area (Å²) in [6, 6.07) is 4.17. The van der Waals surface area contributed by atoms with E-state index in [1.807, 2.05) is 0 Å². The topological polar surface area (TPSA) is 109 Å². The summed E-state index contributed by atoms with van der Waals surface area (Å²) in [5.74, 6) is -1.66. The molecule has 1 aliphatic rings. The monoisotopic (exact) mass is 361 g/mol. The maximum Gasteiger partial charge on any atom is 0.335 e. The molecule has 2 aromatic rings. The molecule has 0 spiro atoms. The van der Waals surface area contributed by atoms with E-state index < -0.39 is 23.4 Å². The molecular formula is C16H15N3O5S. The molecule has 2 N–H and O–H groups in total. The van der Waals surface area contributed by atoms with E-state index in [2.05, 4.69) is 10.3 Å². The number of fused-ring (bicyclic) bond motifs is 1. The molecule has 2 heterocycles. The Labute approximate surface area is 147 Å². The third-order valence-corrected chi connectivity index (χ3v) is 4.29. The highest BCUT2D eigenvalue weighted by atomic mass is 32.1. The van der Waals surface area contributed by atoms with Gasteiger partial charge in [-0.15, -0.1) is 11.3 Å². The molecule has 0 unspecified atom stereocenters. The second-order valence-corrected chi connectivity index (χ2v) is 6.77. The number of aromatic carboxylic acids is 1. The zero-order valence-corrected chi connectivity index (χ0v) is 14.3. The standard InChI is InChI=1S/C16H15N3O5S/c1-16(2)14(23)19(8-12(20)18-15-17-5-6-25-15)10-4-3-9(13(21)22)7-11(10)24-16/h3-7H,8H2,1-2H3,(H,21,22)(H,17,18,20). The average molecular weight is 361 g/mol. The number of amides is 2. The van der Waals surface area contributed by atoms with Gasteiger partial charge in [-0.05, 0) is 32.0 Å². The smallest absolute Gasteiger partial charge is 0.335 e. The predicted octanol–water partition coefficient (Wildman–Crippen LogP) is 1.98. The minimum atomic E-state index is -1.22. The Bertz CT molecular complexity index is 847. The Morgan fingerprint density at radius 1 is 1.40 bits per heavy atom. The van der Waals surface area contributed by atoms with Gasteiger partial charge in [0, 0.05) is 11.6 Å². The first-order valence-corrected chi connectivity index (χ1v) is 8.23. The minimum absolute atomic E-state index is 0.0380. The van der Waals surface area contributed by atoms with Gasteiger partial charge in [0.1, 0.15) is 12.3 Å². The van der Waals surface area contributed by atoms with Crippen molar-refractivity contribution in [1.82, 2.24) is 4.98 Å². The molecule has 0 bridgehead atoms. The van der Waals surface area contributed by atoms with E-state index in [4.69, 9.17) is 9.84 Å². The fraction of sp³-hybridized carbons (Fsp3) is 0.250. The average Bonchev–Trinajstić information content (AvgIpc) is 3.03. The van der Waals surface area contributed by atoms with Gasteiger partial charge in [-0.1, -0.05) is 0 Å². The van der Waals surface area contributed by atoms with Gasteiger partial charge in [-0.25, -0.2) is 9.78 Å². The number of rotatable bonds is 4. The van der Waals surface area contributed by atoms with Crippen LogP contribution >= 0.6 is 11.3 Å². The molecule has 0 fully saturated rings. The number of hydrogen-bond donors (Lipinski definition) is 2. The maximum absolute atomic E-state index is 12.7. The first-order chi connectivity index (χ1) is 11.8. The SMILES string of the molecule is CC1(C)Oc2cc(C(=O)O)ccc2N(CC(=O)Nc2nccs2)C1=O. The molecular weight excluding hydrogens is 346 g/mol. The second-order valence-electron chi connectivity index (χ2n) is 5.88. The van der Waals surface area contributed by atoms with E-state index in [-0.39, 0.29) is 17.9 Å². The van der Waals surface area contributed by atoms with Crippen LogP contribution in [0.1, 0.15) is 24.2 Å². The zero-order chi connectivity index (χ0) is 18.2. The molecule has 25 heavy (non-hydrogen) atoms. The Morgan fingerprint density at radius 3 is 2.80 bits per heavy atom. The summed E-state index contributed by atoms with van der Waals surface area (Å²) >= 11 is 1.27. The molecule has 0 saturated heterocycles. The number of benzene rings is 1. The molecule has 130 valence electrons. The highest BCUT2D eigenvalue weighted by molar-refractivity contribution is 7.13. The molecule has 0 saturated carbocycles. The van der Waals surface area contributed by atoms with E-state index in [0.717, 1.165) is 0 Å². The number of carbonyl (C=O) groups excluding carboxylic acids is 2. The van der Waals surface area contributed by atoms with Crippen molar-refractivity contribution in [2.75, 3.05) is 16.8 Å². The highest BCUT2D eigenvalue weighted by Crippen LogP contribution is 2.38. The van der Waals surface area contributed by atoms with Crippen LogP contribution < -0.4 is 15.0 Å². The van der Waals surface area contributed by atoms with Crippen molar-refractivity contribution >= 4 is 39.9 Å². The normalized spacial score (nSPS) is 15.3. The summed E-state index contributed by atoms with van der Waals surface area (Å²) in [6.45, 7) is 2.90. The minimum Gasteiger partial charge on any atom is -0.478 e. The summed E-state index contributed by atoms with van der Waals surface area (Å²) in [7, 11) is 0. The third kappa shape index (κ3) is 3.31. The van der Waals surface area contributed by atoms with Gasteiger partial charge in [0.25, 0.3) is 5.91 Å². The van der Waals surface area contributed by atoms with Crippen LogP contribution in [-0.2, 0) is 9.59 Å². The van der Waals surface area contributed by atoms with Gasteiger partial charge >= 0.3 is 5.97 Å². The summed E-state index contributed by atoms with van der Waals surface area (Å²) in [5, 5.41) is 13.9. The Balaban J connectivity index is 1.91. The van der Waals surface area contributed by atoms with Crippen molar-refractivity contribution in [2.24, 2.45) is 0 Å². The molecule has 1 aromatic heterocycles. The molecule has 1 aliphatic heterocycles. The molecule has 0 radical (unpaired) electrons. The number of ether oxygens (including phenoxy) is 1. The van der Waals surface area contributed by atoms with E-state index >= 15 is 0 Å². The maximum atomic E-state index is 12.7. The number of thiazole rings is 1. The largest absolute Gasteiger partial charge is 0.478 e. The fourth-order valence-electron chi connectivity index (χ4n) is 2.45. The Kier molecular flexibility index (Phi) is 4.17. The van der Waals surface area contributed by atoms with Gasteiger partial charge in [-0.2, -0.15) is 0 Å². The number of hydrogen-bond acceptors (Lipinski definition) is 6. The number of carbonyl (C=O) groups is 3. The Morgan fingerprint density at radius 2 is 2.16 bits per heavy atom. The number of carboxylic acid groups (broad SMARTS) is 1. The molecule has 1 aromatic carbocycles. The third-order valence-electron chi connectivity index (χ3n) is 3.60. The van der Waals surface area contributed by atoms with Crippen molar-refractivity contribution in [2.45, 2.75) is 19.4 Å². The molecule has 3 rings (SSSR count). The summed E-state index contributed by atoms with van der Waals surface area (Å²) < 4.78 is 5.64. The summed E-state index contributed by atoms with van der Waals surface area (Å²) in [4.78, 5) is 41.3. The Hall–Kier alpha value is -2.94. The fourth-order valence-corrected chi connectivity index (χ4v) is 2.99. The second kappa shape index (κ2) is 6.17. The van der Waals surface area contributed by atoms with E-state index in [9.17, 15) is 14.4 Å². The van der Waals surface area contributed by atoms with Gasteiger partial charge < -0.3 is 15.2 Å². The van der Waals surface area contributed by atoms with Crippen molar-refractivity contribution in [3.8, 4) is 5.75 Å². The van der Waals surface area contributed by atoms with Crippen LogP contribution in [0.3, 0.4) is 0 Å². The van der Waals surface area contributed by atoms with E-state index in [1.54, 1.807) is 25.4 Å². The number of anilines is 2. The van der Waals surface area contributed by atoms with Crippen LogP contribution in [0, 0.1) is 0 Å². The van der Waals surface area contributed by atoms with Gasteiger partial charge in [0.05, 0.1) is 11.3 Å². The quantitative estimate of drug-likeness (QED) is 0.862. The lowest BCUT2D eigenvalue weighted by atomic mass is 10.0. The van der Waals surface area contributed by atoms with Crippen LogP contribution in [0.25, 0.3) is 0 Å². The van der Waals surface area contributed by atoms with Crippen LogP contribution in [0.4, 0.5) is 10.8 Å². The molecule has 2 amide bonds. The first kappa shape index (κ1) is 16.9. The first-order valence-electron chi connectivity index (χ1n) is 7.35. The molecule has 9 heteroatoms. The molecule has 0 aliphatic carbocycles. The van der Waals surface area contributed by atoms with Crippen molar-refractivity contribution < 1.29 is 24.2 Å². The van der Waals surface area contributed by atoms with Crippen molar-refractivity contribution in [1.29, 1.82) is 0 Å². The van der Waals surface area contributed by atoms with E-state index in [0.29, 0.717) is 10.8 Å². The number of carboxylic acids is 1. The zero-order valence-electron chi connectivity index (χ0n) is 13.5. The van der Waals surface area contributed by atoms with Crippen LogP contribution in [0.5, 0.6) is 5.75 Å². The van der Waals surface area contributed by atoms with Crippen LogP contribution in [0.2, 0.25) is 0 Å². The lowest BCUT2D eigenvalue weighted by molar-refractivity contribution is -0.133. The summed E-state index contributed by atoms with van der Waals surface area (Å²) in [6.07, 6.45) is 1.56. The molecule has 8 nitrogen and oxygen atoms in total. The van der Waals surface area contributed by atoms with Crippen molar-refractivity contribution in [3.05, 3.63) is 35.3 Å². The highest BCUT2D eigenvalue weighted by Gasteiger charge is 2.41.